The molecule has 0 unspecified atom stereocenters. The fraction of sp³-hybridized carbons (Fsp3) is 0.417. The molecule has 0 aliphatic heterocycles. The fourth-order valence-electron chi connectivity index (χ4n) is 1.44. The summed E-state index contributed by atoms with van der Waals surface area (Å²) in [5.74, 6) is -0.767. The molecule has 0 N–H and O–H groups in total. The molecule has 0 bridgehead atoms. The van der Waals surface area contributed by atoms with Gasteiger partial charge in [-0.2, -0.15) is 8.78 Å². The number of ether oxygens (including phenoxy) is 2. The Hall–Kier alpha value is -1.36. The zero-order chi connectivity index (χ0) is 13.7. The fourth-order valence-corrected chi connectivity index (χ4v) is 1.72. The molecule has 1 rings (SSSR count). The maximum absolute atomic E-state index is 12.3. The molecule has 0 aliphatic carbocycles. The van der Waals surface area contributed by atoms with Crippen LogP contribution in [0.25, 0.3) is 0 Å². The Balaban J connectivity index is 3.20. The van der Waals surface area contributed by atoms with E-state index in [9.17, 15) is 13.6 Å². The Morgan fingerprint density at radius 1 is 1.44 bits per heavy atom. The number of carbonyl (C=O) groups is 1. The van der Waals surface area contributed by atoms with Crippen LogP contribution in [0.2, 0.25) is 0 Å². The molecule has 100 valence electrons. The van der Waals surface area contributed by atoms with Crippen LogP contribution in [0.3, 0.4) is 0 Å². The van der Waals surface area contributed by atoms with E-state index < -0.39 is 12.6 Å². The van der Waals surface area contributed by atoms with Gasteiger partial charge in [-0.15, -0.1) is 11.6 Å². The van der Waals surface area contributed by atoms with Gasteiger partial charge in [0.25, 0.3) is 0 Å². The number of halogens is 3. The van der Waals surface area contributed by atoms with Crippen molar-refractivity contribution < 1.29 is 23.0 Å². The highest BCUT2D eigenvalue weighted by Gasteiger charge is 2.18. The number of benzene rings is 1. The van der Waals surface area contributed by atoms with Crippen LogP contribution in [0, 0.1) is 6.92 Å². The van der Waals surface area contributed by atoms with Crippen LogP contribution in [0.4, 0.5) is 8.78 Å². The predicted octanol–water partition coefficient (Wildman–Crippen LogP) is 3.51. The summed E-state index contributed by atoms with van der Waals surface area (Å²) in [4.78, 5) is 11.6. The third-order valence-corrected chi connectivity index (χ3v) is 2.58. The van der Waals surface area contributed by atoms with Gasteiger partial charge < -0.3 is 9.47 Å². The number of carbonyl (C=O) groups excluding carboxylic acids is 1. The first kappa shape index (κ1) is 14.7. The predicted molar refractivity (Wildman–Crippen MR) is 63.3 cm³/mol. The van der Waals surface area contributed by atoms with Crippen molar-refractivity contribution in [3.8, 4) is 5.75 Å². The summed E-state index contributed by atoms with van der Waals surface area (Å²) in [6, 6.07) is 2.77. The number of alkyl halides is 3. The summed E-state index contributed by atoms with van der Waals surface area (Å²) in [7, 11) is 0. The highest BCUT2D eigenvalue weighted by molar-refractivity contribution is 6.17. The van der Waals surface area contributed by atoms with Crippen molar-refractivity contribution in [1.82, 2.24) is 0 Å². The van der Waals surface area contributed by atoms with Crippen molar-refractivity contribution in [2.24, 2.45) is 0 Å². The average molecular weight is 279 g/mol. The van der Waals surface area contributed by atoms with Crippen molar-refractivity contribution in [2.75, 3.05) is 6.61 Å². The summed E-state index contributed by atoms with van der Waals surface area (Å²) in [5.41, 5.74) is 1.32. The maximum Gasteiger partial charge on any atom is 0.387 e. The molecule has 6 heteroatoms. The molecule has 0 radical (unpaired) electrons. The molecule has 0 heterocycles. The summed E-state index contributed by atoms with van der Waals surface area (Å²) >= 11 is 5.67. The van der Waals surface area contributed by atoms with E-state index in [0.717, 1.165) is 5.56 Å². The Bertz CT molecular complexity index is 436. The van der Waals surface area contributed by atoms with Crippen molar-refractivity contribution in [2.45, 2.75) is 26.3 Å². The van der Waals surface area contributed by atoms with Crippen LogP contribution in [0.1, 0.15) is 28.4 Å². The van der Waals surface area contributed by atoms with Crippen LogP contribution in [0.15, 0.2) is 12.1 Å². The summed E-state index contributed by atoms with van der Waals surface area (Å²) in [5, 5.41) is 0. The van der Waals surface area contributed by atoms with Gasteiger partial charge in [0.2, 0.25) is 0 Å². The number of hydrogen-bond donors (Lipinski definition) is 0. The van der Waals surface area contributed by atoms with Crippen LogP contribution in [-0.2, 0) is 10.6 Å². The van der Waals surface area contributed by atoms with E-state index in [2.05, 4.69) is 4.74 Å². The first-order chi connectivity index (χ1) is 8.49. The van der Waals surface area contributed by atoms with Crippen LogP contribution in [-0.4, -0.2) is 19.2 Å². The average Bonchev–Trinajstić information content (AvgIpc) is 2.30. The van der Waals surface area contributed by atoms with E-state index in [1.165, 1.54) is 12.1 Å². The Kier molecular flexibility index (Phi) is 5.34. The van der Waals surface area contributed by atoms with Crippen LogP contribution in [0.5, 0.6) is 5.75 Å². The second-order valence-electron chi connectivity index (χ2n) is 3.51. The SMILES string of the molecule is CCOC(=O)c1cc(C)c(CCl)cc1OC(F)F. The third kappa shape index (κ3) is 3.57. The van der Waals surface area contributed by atoms with Crippen LogP contribution >= 0.6 is 11.6 Å². The number of esters is 1. The highest BCUT2D eigenvalue weighted by atomic mass is 35.5. The molecular weight excluding hydrogens is 266 g/mol. The molecule has 0 aromatic heterocycles. The second-order valence-corrected chi connectivity index (χ2v) is 3.77. The lowest BCUT2D eigenvalue weighted by Crippen LogP contribution is -2.11. The summed E-state index contributed by atoms with van der Waals surface area (Å²) in [6.07, 6.45) is 0. The number of hydrogen-bond acceptors (Lipinski definition) is 3. The summed E-state index contributed by atoms with van der Waals surface area (Å²) < 4.78 is 33.7. The van der Waals surface area contributed by atoms with Gasteiger partial charge in [-0.05, 0) is 37.1 Å². The van der Waals surface area contributed by atoms with Gasteiger partial charge in [-0.25, -0.2) is 4.79 Å². The molecule has 18 heavy (non-hydrogen) atoms. The lowest BCUT2D eigenvalue weighted by atomic mass is 10.1. The lowest BCUT2D eigenvalue weighted by molar-refractivity contribution is -0.0504. The Morgan fingerprint density at radius 3 is 2.61 bits per heavy atom. The molecule has 0 spiro atoms. The van der Waals surface area contributed by atoms with E-state index in [1.54, 1.807) is 13.8 Å². The van der Waals surface area contributed by atoms with Crippen molar-refractivity contribution in [3.05, 3.63) is 28.8 Å². The molecule has 1 aromatic rings. The van der Waals surface area contributed by atoms with Gasteiger partial charge in [0.1, 0.15) is 11.3 Å². The van der Waals surface area contributed by atoms with Gasteiger partial charge in [0, 0.05) is 5.88 Å². The largest absolute Gasteiger partial charge is 0.462 e. The first-order valence-electron chi connectivity index (χ1n) is 5.31. The Morgan fingerprint density at radius 2 is 2.11 bits per heavy atom. The first-order valence-corrected chi connectivity index (χ1v) is 5.84. The van der Waals surface area contributed by atoms with Crippen molar-refractivity contribution in [1.29, 1.82) is 0 Å². The molecule has 3 nitrogen and oxygen atoms in total. The van der Waals surface area contributed by atoms with E-state index in [0.29, 0.717) is 5.56 Å². The molecule has 0 atom stereocenters. The molecule has 0 saturated carbocycles. The molecule has 0 saturated heterocycles. The molecule has 1 aromatic carbocycles. The van der Waals surface area contributed by atoms with E-state index in [4.69, 9.17) is 16.3 Å². The Labute approximate surface area is 109 Å². The molecule has 0 aliphatic rings. The van der Waals surface area contributed by atoms with Gasteiger partial charge in [-0.3, -0.25) is 0 Å². The van der Waals surface area contributed by atoms with Gasteiger partial charge in [0.05, 0.1) is 6.61 Å². The quantitative estimate of drug-likeness (QED) is 0.611. The van der Waals surface area contributed by atoms with E-state index >= 15 is 0 Å². The number of rotatable bonds is 5. The van der Waals surface area contributed by atoms with Crippen molar-refractivity contribution in [3.63, 3.8) is 0 Å². The van der Waals surface area contributed by atoms with Crippen LogP contribution < -0.4 is 4.74 Å². The second kappa shape index (κ2) is 6.54. The third-order valence-electron chi connectivity index (χ3n) is 2.29. The molecular formula is C12H13ClF2O3. The minimum atomic E-state index is -3.01. The van der Waals surface area contributed by atoms with E-state index in [-0.39, 0.29) is 23.8 Å². The number of aryl methyl sites for hydroxylation is 1. The highest BCUT2D eigenvalue weighted by Crippen LogP contribution is 2.27. The summed E-state index contributed by atoms with van der Waals surface area (Å²) in [6.45, 7) is 0.505. The normalized spacial score (nSPS) is 10.6. The van der Waals surface area contributed by atoms with Gasteiger partial charge >= 0.3 is 12.6 Å². The molecule has 0 fully saturated rings. The standard InChI is InChI=1S/C12H13ClF2O3/c1-3-17-11(16)9-4-7(2)8(6-13)5-10(9)18-12(14)15/h4-5,12H,3,6H2,1-2H3. The lowest BCUT2D eigenvalue weighted by Gasteiger charge is -2.13. The minimum Gasteiger partial charge on any atom is -0.462 e. The maximum atomic E-state index is 12.3. The zero-order valence-corrected chi connectivity index (χ0v) is 10.8. The topological polar surface area (TPSA) is 35.5 Å². The van der Waals surface area contributed by atoms with Crippen molar-refractivity contribution >= 4 is 17.6 Å². The minimum absolute atomic E-state index is 0.0245. The monoisotopic (exact) mass is 278 g/mol. The van der Waals surface area contributed by atoms with Gasteiger partial charge in [0.15, 0.2) is 0 Å². The smallest absolute Gasteiger partial charge is 0.387 e. The molecule has 0 amide bonds. The van der Waals surface area contributed by atoms with E-state index in [1.807, 2.05) is 0 Å². The van der Waals surface area contributed by atoms with Gasteiger partial charge in [-0.1, -0.05) is 0 Å². The zero-order valence-electron chi connectivity index (χ0n) is 10.0.